The molecule has 2 radical (unpaired) electrons. The monoisotopic (exact) mass is 1310 g/mol. The largest absolute Gasteiger partial charge is 1.00 e. The molecule has 0 aliphatic rings. The van der Waals surface area contributed by atoms with Gasteiger partial charge >= 0.3 is 103 Å². The van der Waals surface area contributed by atoms with Crippen molar-refractivity contribution in [1.29, 1.82) is 0 Å². The summed E-state index contributed by atoms with van der Waals surface area (Å²) in [5.41, 5.74) is 5.23. The molecule has 0 spiro atoms. The SMILES string of the molecule is CC(=O)C=C(C)O.Fc1c[c-]c(-c2nccc3sccc23)cc1.Fc1c[c-]c(-c2nccc3sccc23)cc1.Fc1ccc(-c2nccc3sccc23)cc1.O=CO[O-].[H-].[Ir].[Ir].[K+].[K+]. The molecular formula is C45H32F3Ir2K2N3O5S3-2. The average molecular weight is 1310 g/mol. The summed E-state index contributed by atoms with van der Waals surface area (Å²) in [5, 5.41) is 26.2. The first-order valence-corrected chi connectivity index (χ1v) is 19.9. The molecular weight excluding hydrogens is 1280 g/mol. The summed E-state index contributed by atoms with van der Waals surface area (Å²) in [6.07, 6.45) is 6.49. The topological polar surface area (TPSA) is 125 Å². The van der Waals surface area contributed by atoms with Crippen LogP contribution in [0.4, 0.5) is 13.2 Å². The summed E-state index contributed by atoms with van der Waals surface area (Å²) in [7, 11) is 0. The number of ketones is 1. The molecule has 0 unspecified atom stereocenters. The van der Waals surface area contributed by atoms with Crippen LogP contribution in [0.1, 0.15) is 15.3 Å². The van der Waals surface area contributed by atoms with E-state index in [1.807, 2.05) is 52.5 Å². The third-order valence-corrected chi connectivity index (χ3v) is 10.4. The molecule has 0 atom stereocenters. The van der Waals surface area contributed by atoms with Crippen molar-refractivity contribution in [2.24, 2.45) is 0 Å². The summed E-state index contributed by atoms with van der Waals surface area (Å²) in [6, 6.07) is 33.2. The average Bonchev–Trinajstić information content (AvgIpc) is 4.04. The fraction of sp³-hybridized carbons (Fsp3) is 0.0444. The number of halogens is 3. The molecule has 318 valence electrons. The summed E-state index contributed by atoms with van der Waals surface area (Å²) in [5.74, 6) is -0.837. The van der Waals surface area contributed by atoms with E-state index in [9.17, 15) is 18.0 Å². The Morgan fingerprint density at radius 3 is 1.32 bits per heavy atom. The van der Waals surface area contributed by atoms with Crippen LogP contribution in [0.25, 0.3) is 64.0 Å². The first-order valence-electron chi connectivity index (χ1n) is 17.3. The predicted molar refractivity (Wildman–Crippen MR) is 228 cm³/mol. The number of thiophene rings is 3. The fourth-order valence-corrected chi connectivity index (χ4v) is 7.70. The third-order valence-electron chi connectivity index (χ3n) is 7.77. The molecule has 0 aliphatic heterocycles. The number of nitrogens with zero attached hydrogens (tertiary/aromatic N) is 3. The first kappa shape index (κ1) is 59.0. The van der Waals surface area contributed by atoms with Crippen LogP contribution in [0.3, 0.4) is 0 Å². The minimum absolute atomic E-state index is 0. The van der Waals surface area contributed by atoms with Crippen LogP contribution in [0.2, 0.25) is 0 Å². The van der Waals surface area contributed by atoms with Crippen molar-refractivity contribution in [2.45, 2.75) is 13.8 Å². The van der Waals surface area contributed by atoms with Crippen LogP contribution in [-0.2, 0) is 54.7 Å². The van der Waals surface area contributed by atoms with Gasteiger partial charge in [0.15, 0.2) is 5.78 Å². The molecule has 0 saturated carbocycles. The Morgan fingerprint density at radius 1 is 0.635 bits per heavy atom. The van der Waals surface area contributed by atoms with Crippen LogP contribution in [-0.4, -0.2) is 32.3 Å². The standard InChI is InChI=1S/C13H8FNS.2C13H7FNS.C5H8O2.CH2O3.2Ir.2K.H/c3*14-10-3-1-9(2-4-10)13-11-6-8-16-12(11)5-7-15-13;1-4(6)3-5(2)7;2-1-4-3;;;;;/h1-8H;2*1,3-8H;3,6H,1-2H3;1,3H;;;;;/q;2*-1;;;;;2*+1;-1/p-1. The number of aliphatic hydroxyl groups excluding tert-OH is 1. The summed E-state index contributed by atoms with van der Waals surface area (Å²) < 4.78 is 42.0. The van der Waals surface area contributed by atoms with E-state index < -0.39 is 0 Å². The number of benzene rings is 3. The number of aliphatic hydroxyl groups is 1. The van der Waals surface area contributed by atoms with E-state index in [1.54, 1.807) is 76.9 Å². The van der Waals surface area contributed by atoms with E-state index in [4.69, 9.17) is 15.2 Å². The molecule has 0 amide bonds. The zero-order valence-electron chi connectivity index (χ0n) is 34.8. The maximum atomic E-state index is 12.8. The molecule has 1 N–H and O–H groups in total. The van der Waals surface area contributed by atoms with E-state index in [1.165, 1.54) is 70.4 Å². The number of rotatable bonds is 5. The fourth-order valence-electron chi connectivity index (χ4n) is 5.35. The van der Waals surface area contributed by atoms with Crippen LogP contribution in [0.5, 0.6) is 0 Å². The number of allylic oxidation sites excluding steroid dienone is 2. The van der Waals surface area contributed by atoms with Crippen molar-refractivity contribution in [2.75, 3.05) is 0 Å². The van der Waals surface area contributed by atoms with Gasteiger partial charge in [0.25, 0.3) is 6.47 Å². The van der Waals surface area contributed by atoms with Gasteiger partial charge in [-0.1, -0.05) is 12.1 Å². The van der Waals surface area contributed by atoms with E-state index in [0.717, 1.165) is 49.9 Å². The molecule has 8 nitrogen and oxygen atoms in total. The molecule has 0 fully saturated rings. The van der Waals surface area contributed by atoms with Crippen LogP contribution in [0.15, 0.2) is 144 Å². The molecule has 6 aromatic heterocycles. The van der Waals surface area contributed by atoms with Crippen LogP contribution in [0, 0.1) is 29.6 Å². The molecule has 9 rings (SSSR count). The van der Waals surface area contributed by atoms with Gasteiger partial charge in [-0.2, -0.15) is 0 Å². The Balaban J connectivity index is 0.000000807. The second kappa shape index (κ2) is 31.1. The molecule has 3 aromatic carbocycles. The van der Waals surface area contributed by atoms with Gasteiger partial charge in [-0.05, 0) is 101 Å². The number of hydrogen-bond donors (Lipinski definition) is 1. The second-order valence-corrected chi connectivity index (χ2v) is 14.8. The molecule has 0 bridgehead atoms. The number of aromatic nitrogens is 3. The van der Waals surface area contributed by atoms with Gasteiger partial charge in [0.2, 0.25) is 0 Å². The quantitative estimate of drug-likeness (QED) is 0.0457. The minimum Gasteiger partial charge on any atom is -1.00 e. The number of pyridine rings is 3. The Morgan fingerprint density at radius 2 is 1.00 bits per heavy atom. The van der Waals surface area contributed by atoms with Crippen molar-refractivity contribution < 1.29 is 182 Å². The van der Waals surface area contributed by atoms with Gasteiger partial charge in [0.1, 0.15) is 5.82 Å². The summed E-state index contributed by atoms with van der Waals surface area (Å²) in [4.78, 5) is 34.3. The van der Waals surface area contributed by atoms with E-state index in [0.29, 0.717) is 0 Å². The minimum atomic E-state index is -0.277. The maximum Gasteiger partial charge on any atom is 1.00 e. The van der Waals surface area contributed by atoms with Crippen LogP contribution < -0.4 is 108 Å². The van der Waals surface area contributed by atoms with Crippen molar-refractivity contribution >= 4 is 76.5 Å². The second-order valence-electron chi connectivity index (χ2n) is 11.9. The molecule has 63 heavy (non-hydrogen) atoms. The van der Waals surface area contributed by atoms with Gasteiger partial charge < -0.3 is 26.6 Å². The third kappa shape index (κ3) is 18.3. The first-order chi connectivity index (χ1) is 28.6. The van der Waals surface area contributed by atoms with Gasteiger partial charge in [-0.3, -0.25) is 23.4 Å². The molecule has 18 heteroatoms. The molecule has 9 aromatic rings. The normalized spacial score (nSPS) is 9.84. The number of hydrogen-bond acceptors (Lipinski definition) is 11. The smallest absolute Gasteiger partial charge is 1.00 e. The van der Waals surface area contributed by atoms with Crippen molar-refractivity contribution in [1.82, 2.24) is 15.0 Å². The Kier molecular flexibility index (Phi) is 29.1. The maximum absolute atomic E-state index is 12.8. The molecule has 0 saturated heterocycles. The number of fused-ring (bicyclic) bond motifs is 3. The van der Waals surface area contributed by atoms with E-state index >= 15 is 0 Å². The zero-order valence-corrected chi connectivity index (χ0v) is 47.3. The predicted octanol–water partition coefficient (Wildman–Crippen LogP) is 5.49. The summed E-state index contributed by atoms with van der Waals surface area (Å²) >= 11 is 5.03. The number of carbonyl (C=O) groups excluding carboxylic acids is 2. The Bertz CT molecular complexity index is 2520. The van der Waals surface area contributed by atoms with Crippen LogP contribution >= 0.6 is 34.0 Å². The van der Waals surface area contributed by atoms with Crippen molar-refractivity contribution in [3.63, 3.8) is 0 Å². The summed E-state index contributed by atoms with van der Waals surface area (Å²) in [6.45, 7) is 2.67. The molecule has 0 aliphatic carbocycles. The Labute approximate surface area is 487 Å². The van der Waals surface area contributed by atoms with Crippen molar-refractivity contribution in [3.8, 4) is 33.8 Å². The van der Waals surface area contributed by atoms with Gasteiger partial charge in [0.05, 0.1) is 11.5 Å². The van der Waals surface area contributed by atoms with E-state index in [-0.39, 0.29) is 180 Å². The van der Waals surface area contributed by atoms with Gasteiger partial charge in [-0.25, -0.2) is 4.39 Å². The van der Waals surface area contributed by atoms with Gasteiger partial charge in [-0.15, -0.1) is 93.7 Å². The number of carbonyl (C=O) groups is 2. The van der Waals surface area contributed by atoms with E-state index in [2.05, 4.69) is 32.0 Å². The van der Waals surface area contributed by atoms with Crippen molar-refractivity contribution in [3.05, 3.63) is 173 Å². The Hall–Kier alpha value is -2.01. The zero-order chi connectivity index (χ0) is 42.1. The van der Waals surface area contributed by atoms with Gasteiger partial charge in [0, 0.05) is 102 Å². The molecule has 6 heterocycles.